The third kappa shape index (κ3) is 6.03. The van der Waals surface area contributed by atoms with E-state index in [1.54, 1.807) is 51.8 Å². The van der Waals surface area contributed by atoms with Crippen molar-refractivity contribution in [3.05, 3.63) is 84.7 Å². The van der Waals surface area contributed by atoms with Gasteiger partial charge in [-0.05, 0) is 43.2 Å². The lowest BCUT2D eigenvalue weighted by atomic mass is 9.92. The van der Waals surface area contributed by atoms with Gasteiger partial charge in [0.15, 0.2) is 11.5 Å². The maximum atomic E-state index is 13.0. The first-order chi connectivity index (χ1) is 19.7. The Morgan fingerprint density at radius 2 is 1.71 bits per heavy atom. The van der Waals surface area contributed by atoms with E-state index in [2.05, 4.69) is 46.8 Å². The number of para-hydroxylation sites is 1. The maximum Gasteiger partial charge on any atom is 0.324 e. The predicted octanol–water partition coefficient (Wildman–Crippen LogP) is 6.00. The van der Waals surface area contributed by atoms with E-state index in [4.69, 9.17) is 9.84 Å². The van der Waals surface area contributed by atoms with Crippen molar-refractivity contribution in [2.45, 2.75) is 39.0 Å². The fourth-order valence-corrected chi connectivity index (χ4v) is 4.19. The second-order valence-corrected chi connectivity index (χ2v) is 11.0. The Kier molecular flexibility index (Phi) is 6.62. The molecule has 0 aliphatic heterocycles. The van der Waals surface area contributed by atoms with Crippen LogP contribution in [0.5, 0.6) is 11.6 Å². The molecule has 3 aromatic heterocycles. The van der Waals surface area contributed by atoms with E-state index < -0.39 is 6.03 Å². The number of hydrogen-bond acceptors (Lipinski definition) is 6. The van der Waals surface area contributed by atoms with E-state index in [1.807, 2.05) is 36.4 Å². The zero-order chi connectivity index (χ0) is 28.6. The number of ether oxygens (including phenoxy) is 1. The van der Waals surface area contributed by atoms with Crippen LogP contribution in [0.2, 0.25) is 0 Å². The normalized spacial score (nSPS) is 13.1. The van der Waals surface area contributed by atoms with Crippen molar-refractivity contribution in [1.29, 1.82) is 0 Å². The van der Waals surface area contributed by atoms with Crippen LogP contribution < -0.4 is 20.7 Å². The van der Waals surface area contributed by atoms with E-state index >= 15 is 0 Å². The predicted molar refractivity (Wildman–Crippen MR) is 156 cm³/mol. The van der Waals surface area contributed by atoms with Gasteiger partial charge in [-0.3, -0.25) is 10.1 Å². The van der Waals surface area contributed by atoms with E-state index in [0.29, 0.717) is 34.6 Å². The molecular weight excluding hydrogens is 520 g/mol. The van der Waals surface area contributed by atoms with E-state index in [-0.39, 0.29) is 17.2 Å². The van der Waals surface area contributed by atoms with Crippen LogP contribution in [0.3, 0.4) is 0 Å². The second-order valence-electron chi connectivity index (χ2n) is 11.0. The maximum absolute atomic E-state index is 13.0. The molecule has 1 aliphatic carbocycles. The van der Waals surface area contributed by atoms with E-state index in [0.717, 1.165) is 24.2 Å². The number of carbonyl (C=O) groups is 2. The summed E-state index contributed by atoms with van der Waals surface area (Å²) >= 11 is 0. The Morgan fingerprint density at radius 1 is 0.902 bits per heavy atom. The van der Waals surface area contributed by atoms with Crippen molar-refractivity contribution in [3.8, 4) is 17.3 Å². The van der Waals surface area contributed by atoms with Gasteiger partial charge >= 0.3 is 6.03 Å². The monoisotopic (exact) mass is 550 g/mol. The number of benzene rings is 2. The van der Waals surface area contributed by atoms with Gasteiger partial charge in [-0.2, -0.15) is 5.10 Å². The van der Waals surface area contributed by atoms with Crippen LogP contribution >= 0.6 is 0 Å². The number of nitrogens with zero attached hydrogens (tertiary/aromatic N) is 5. The Hall–Kier alpha value is -5.19. The summed E-state index contributed by atoms with van der Waals surface area (Å²) in [6.45, 7) is 6.22. The molecule has 11 nitrogen and oxygen atoms in total. The van der Waals surface area contributed by atoms with Crippen molar-refractivity contribution < 1.29 is 14.3 Å². The average Bonchev–Trinajstić information content (AvgIpc) is 3.58. The highest BCUT2D eigenvalue weighted by atomic mass is 16.5. The van der Waals surface area contributed by atoms with Gasteiger partial charge in [-0.1, -0.05) is 45.0 Å². The molecule has 0 radical (unpaired) electrons. The first kappa shape index (κ1) is 26.1. The van der Waals surface area contributed by atoms with Crippen molar-refractivity contribution in [2.75, 3.05) is 16.0 Å². The summed E-state index contributed by atoms with van der Waals surface area (Å²) in [6, 6.07) is 21.6. The number of nitrogens with one attached hydrogen (secondary N) is 3. The molecule has 1 fully saturated rings. The Bertz CT molecular complexity index is 1730. The fourth-order valence-electron chi connectivity index (χ4n) is 4.19. The Labute approximate surface area is 236 Å². The molecule has 0 unspecified atom stereocenters. The number of fused-ring (bicyclic) bond motifs is 1. The van der Waals surface area contributed by atoms with Crippen LogP contribution in [0.15, 0.2) is 79.0 Å². The van der Waals surface area contributed by atoms with Gasteiger partial charge in [-0.25, -0.2) is 19.0 Å². The number of aromatic nitrogens is 5. The van der Waals surface area contributed by atoms with Crippen molar-refractivity contribution in [2.24, 2.45) is 5.92 Å². The standard InChI is InChI=1S/C30H30N8O3/c1-30(2,3)23-17-26(38(35-23)21-9-5-4-6-10-21)34-29(40)31-20-8-7-11-22(16-20)41-27-15-14-25-32-24(18-37(25)36-27)33-28(39)19-12-13-19/h4-11,14-19H,12-13H2,1-3H3,(H,33,39)(H2,31,34,40). The summed E-state index contributed by atoms with van der Waals surface area (Å²) in [5.41, 5.74) is 2.62. The first-order valence-corrected chi connectivity index (χ1v) is 13.4. The second kappa shape index (κ2) is 10.4. The lowest BCUT2D eigenvalue weighted by molar-refractivity contribution is -0.117. The molecule has 6 rings (SSSR count). The lowest BCUT2D eigenvalue weighted by Gasteiger charge is -2.14. The summed E-state index contributed by atoms with van der Waals surface area (Å²) < 4.78 is 9.22. The van der Waals surface area contributed by atoms with Crippen molar-refractivity contribution in [3.63, 3.8) is 0 Å². The molecule has 2 aromatic carbocycles. The molecule has 1 saturated carbocycles. The zero-order valence-electron chi connectivity index (χ0n) is 23.0. The quantitative estimate of drug-likeness (QED) is 0.228. The number of carbonyl (C=O) groups excluding carboxylic acids is 2. The molecule has 41 heavy (non-hydrogen) atoms. The molecule has 3 N–H and O–H groups in total. The molecule has 0 saturated heterocycles. The van der Waals surface area contributed by atoms with Crippen LogP contribution in [0.4, 0.5) is 22.1 Å². The van der Waals surface area contributed by atoms with Crippen molar-refractivity contribution >= 4 is 34.9 Å². The number of imidazole rings is 1. The fraction of sp³-hybridized carbons (Fsp3) is 0.233. The summed E-state index contributed by atoms with van der Waals surface area (Å²) in [6.07, 6.45) is 3.49. The van der Waals surface area contributed by atoms with Crippen LogP contribution in [-0.4, -0.2) is 36.3 Å². The van der Waals surface area contributed by atoms with Gasteiger partial charge in [0.05, 0.1) is 17.6 Å². The SMILES string of the molecule is CC(C)(C)c1cc(NC(=O)Nc2cccc(Oc3ccc4nc(NC(=O)C5CC5)cn4n3)c2)n(-c2ccccc2)n1. The summed E-state index contributed by atoms with van der Waals surface area (Å²) in [5, 5.41) is 17.8. The number of rotatable bonds is 7. The highest BCUT2D eigenvalue weighted by Gasteiger charge is 2.30. The van der Waals surface area contributed by atoms with E-state index in [1.165, 1.54) is 0 Å². The summed E-state index contributed by atoms with van der Waals surface area (Å²) in [7, 11) is 0. The van der Waals surface area contributed by atoms with Gasteiger partial charge in [0.25, 0.3) is 0 Å². The minimum atomic E-state index is -0.418. The van der Waals surface area contributed by atoms with Gasteiger partial charge in [-0.15, -0.1) is 5.10 Å². The Morgan fingerprint density at radius 3 is 2.46 bits per heavy atom. The molecule has 5 aromatic rings. The molecule has 0 atom stereocenters. The largest absolute Gasteiger partial charge is 0.438 e. The van der Waals surface area contributed by atoms with Gasteiger partial charge < -0.3 is 15.4 Å². The molecular formula is C30H30N8O3. The lowest BCUT2D eigenvalue weighted by Crippen LogP contribution is -2.21. The molecule has 3 amide bonds. The number of hydrogen-bond donors (Lipinski definition) is 3. The summed E-state index contributed by atoms with van der Waals surface area (Å²) in [4.78, 5) is 29.4. The molecule has 0 bridgehead atoms. The molecule has 3 heterocycles. The number of urea groups is 1. The summed E-state index contributed by atoms with van der Waals surface area (Å²) in [5.74, 6) is 1.89. The molecule has 1 aliphatic rings. The van der Waals surface area contributed by atoms with Gasteiger partial charge in [0.1, 0.15) is 11.6 Å². The third-order valence-electron chi connectivity index (χ3n) is 6.53. The van der Waals surface area contributed by atoms with Crippen LogP contribution in [-0.2, 0) is 10.2 Å². The topological polar surface area (TPSA) is 127 Å². The highest BCUT2D eigenvalue weighted by molar-refractivity contribution is 5.99. The molecule has 11 heteroatoms. The highest BCUT2D eigenvalue weighted by Crippen LogP contribution is 2.30. The minimum Gasteiger partial charge on any atom is -0.438 e. The van der Waals surface area contributed by atoms with Crippen LogP contribution in [0.1, 0.15) is 39.3 Å². The zero-order valence-corrected chi connectivity index (χ0v) is 23.0. The van der Waals surface area contributed by atoms with Crippen molar-refractivity contribution in [1.82, 2.24) is 24.4 Å². The Balaban J connectivity index is 1.14. The number of amides is 3. The molecule has 0 spiro atoms. The van der Waals surface area contributed by atoms with E-state index in [9.17, 15) is 9.59 Å². The number of anilines is 3. The smallest absolute Gasteiger partial charge is 0.324 e. The van der Waals surface area contributed by atoms with Gasteiger partial charge in [0.2, 0.25) is 11.8 Å². The van der Waals surface area contributed by atoms with Crippen LogP contribution in [0.25, 0.3) is 11.3 Å². The third-order valence-corrected chi connectivity index (χ3v) is 6.53. The minimum absolute atomic E-state index is 0.0163. The average molecular weight is 551 g/mol. The first-order valence-electron chi connectivity index (χ1n) is 13.4. The van der Waals surface area contributed by atoms with Crippen LogP contribution in [0, 0.1) is 5.92 Å². The van der Waals surface area contributed by atoms with Gasteiger partial charge in [0, 0.05) is 35.2 Å². The molecule has 208 valence electrons.